The molecule has 1 unspecified atom stereocenters. The number of hydrogen-bond acceptors (Lipinski definition) is 7. The van der Waals surface area contributed by atoms with E-state index in [0.717, 1.165) is 5.56 Å². The maximum absolute atomic E-state index is 11.7. The Labute approximate surface area is 140 Å². The van der Waals surface area contributed by atoms with Crippen molar-refractivity contribution in [3.05, 3.63) is 47.0 Å². The lowest BCUT2D eigenvalue weighted by atomic mass is 10.2. The summed E-state index contributed by atoms with van der Waals surface area (Å²) in [5.74, 6) is -0.757. The van der Waals surface area contributed by atoms with Crippen molar-refractivity contribution in [3.63, 3.8) is 0 Å². The van der Waals surface area contributed by atoms with Crippen molar-refractivity contribution in [1.29, 1.82) is 0 Å². The minimum Gasteiger partial charge on any atom is -0.458 e. The second-order valence-corrected chi connectivity index (χ2v) is 5.56. The largest absolute Gasteiger partial charge is 0.458 e. The van der Waals surface area contributed by atoms with Crippen LogP contribution in [0.2, 0.25) is 0 Å². The number of aliphatic hydroxyl groups is 1. The molecule has 3 aromatic rings. The number of rotatable bonds is 5. The van der Waals surface area contributed by atoms with E-state index in [0.29, 0.717) is 11.5 Å². The van der Waals surface area contributed by atoms with Crippen molar-refractivity contribution < 1.29 is 23.6 Å². The van der Waals surface area contributed by atoms with Gasteiger partial charge in [-0.2, -0.15) is 11.3 Å². The number of carbonyl (C=O) groups is 2. The highest BCUT2D eigenvalue weighted by Crippen LogP contribution is 2.26. The van der Waals surface area contributed by atoms with E-state index in [1.165, 1.54) is 23.7 Å². The molecular weight excluding hydrogens is 334 g/mol. The number of hydrogen-bond donors (Lipinski definition) is 3. The molecular formula is C15H13N3O5S. The molecule has 0 radical (unpaired) electrons. The van der Waals surface area contributed by atoms with Gasteiger partial charge in [-0.1, -0.05) is 5.16 Å². The number of furan rings is 1. The van der Waals surface area contributed by atoms with Crippen LogP contribution in [-0.2, 0) is 9.59 Å². The third-order valence-electron chi connectivity index (χ3n) is 3.10. The fraction of sp³-hybridized carbons (Fsp3) is 0.133. The summed E-state index contributed by atoms with van der Waals surface area (Å²) in [6.07, 6.45) is 0.195. The third-order valence-corrected chi connectivity index (χ3v) is 3.79. The number of aromatic nitrogens is 1. The van der Waals surface area contributed by atoms with Gasteiger partial charge in [0.05, 0.1) is 6.54 Å². The average molecular weight is 347 g/mol. The van der Waals surface area contributed by atoms with Gasteiger partial charge < -0.3 is 19.4 Å². The van der Waals surface area contributed by atoms with E-state index in [-0.39, 0.29) is 12.4 Å². The van der Waals surface area contributed by atoms with Crippen LogP contribution in [-0.4, -0.2) is 28.6 Å². The molecule has 0 spiro atoms. The highest BCUT2D eigenvalue weighted by atomic mass is 32.1. The first-order valence-electron chi connectivity index (χ1n) is 6.93. The van der Waals surface area contributed by atoms with Crippen molar-refractivity contribution in [1.82, 2.24) is 10.5 Å². The second-order valence-electron chi connectivity index (χ2n) is 4.78. The van der Waals surface area contributed by atoms with Gasteiger partial charge in [0.25, 0.3) is 0 Å². The molecule has 0 aliphatic carbocycles. The first kappa shape index (κ1) is 16.0. The quantitative estimate of drug-likeness (QED) is 0.606. The lowest BCUT2D eigenvalue weighted by Crippen LogP contribution is -2.37. The van der Waals surface area contributed by atoms with Crippen LogP contribution >= 0.6 is 11.3 Å². The molecule has 0 aromatic carbocycles. The van der Waals surface area contributed by atoms with E-state index < -0.39 is 17.9 Å². The Morgan fingerprint density at radius 3 is 2.83 bits per heavy atom. The summed E-state index contributed by atoms with van der Waals surface area (Å²) in [6.45, 7) is -0.165. The van der Waals surface area contributed by atoms with Gasteiger partial charge in [-0.05, 0) is 23.6 Å². The average Bonchev–Trinajstić information content (AvgIpc) is 3.32. The Balaban J connectivity index is 1.52. The van der Waals surface area contributed by atoms with Crippen LogP contribution in [0.4, 0.5) is 5.82 Å². The zero-order valence-electron chi connectivity index (χ0n) is 12.3. The van der Waals surface area contributed by atoms with Gasteiger partial charge in [0, 0.05) is 17.0 Å². The number of thiophene rings is 1. The Morgan fingerprint density at radius 2 is 2.12 bits per heavy atom. The Bertz CT molecular complexity index is 810. The monoisotopic (exact) mass is 347 g/mol. The van der Waals surface area contributed by atoms with E-state index >= 15 is 0 Å². The minimum atomic E-state index is -1.07. The molecule has 9 heteroatoms. The predicted octanol–water partition coefficient (Wildman–Crippen LogP) is 1.78. The fourth-order valence-corrected chi connectivity index (χ4v) is 2.56. The van der Waals surface area contributed by atoms with Crippen LogP contribution in [0.1, 0.15) is 11.9 Å². The second kappa shape index (κ2) is 7.11. The molecule has 124 valence electrons. The van der Waals surface area contributed by atoms with Gasteiger partial charge in [0.1, 0.15) is 23.9 Å². The first-order chi connectivity index (χ1) is 11.6. The molecule has 0 aliphatic heterocycles. The summed E-state index contributed by atoms with van der Waals surface area (Å²) in [5.41, 5.74) is 0.912. The summed E-state index contributed by atoms with van der Waals surface area (Å²) < 4.78 is 10.1. The van der Waals surface area contributed by atoms with Crippen LogP contribution in [0.15, 0.2) is 50.2 Å². The number of amides is 2. The first-order valence-corrected chi connectivity index (χ1v) is 7.87. The van der Waals surface area contributed by atoms with Crippen molar-refractivity contribution in [3.8, 4) is 11.3 Å². The van der Waals surface area contributed by atoms with Crippen LogP contribution in [0.25, 0.3) is 11.3 Å². The van der Waals surface area contributed by atoms with E-state index in [1.54, 1.807) is 12.1 Å². The van der Waals surface area contributed by atoms with Crippen LogP contribution in [0.3, 0.4) is 0 Å². The van der Waals surface area contributed by atoms with Crippen molar-refractivity contribution in [2.75, 3.05) is 11.9 Å². The van der Waals surface area contributed by atoms with Crippen LogP contribution in [0, 0.1) is 0 Å². The molecule has 0 saturated carbocycles. The lowest BCUT2D eigenvalue weighted by molar-refractivity contribution is -0.136. The lowest BCUT2D eigenvalue weighted by Gasteiger charge is -2.09. The molecule has 8 nitrogen and oxygen atoms in total. The molecule has 3 rings (SSSR count). The van der Waals surface area contributed by atoms with Gasteiger partial charge in [-0.15, -0.1) is 0 Å². The Kier molecular flexibility index (Phi) is 4.73. The third kappa shape index (κ3) is 3.70. The topological polar surface area (TPSA) is 118 Å². The summed E-state index contributed by atoms with van der Waals surface area (Å²) in [7, 11) is 0. The minimum absolute atomic E-state index is 0.127. The van der Waals surface area contributed by atoms with E-state index in [9.17, 15) is 14.7 Å². The van der Waals surface area contributed by atoms with Gasteiger partial charge in [-0.3, -0.25) is 14.9 Å². The molecule has 1 atom stereocenters. The fourth-order valence-electron chi connectivity index (χ4n) is 1.91. The van der Waals surface area contributed by atoms with Crippen LogP contribution in [0.5, 0.6) is 0 Å². The van der Waals surface area contributed by atoms with E-state index in [2.05, 4.69) is 20.3 Å². The predicted molar refractivity (Wildman–Crippen MR) is 85.1 cm³/mol. The summed E-state index contributed by atoms with van der Waals surface area (Å²) >= 11 is 1.54. The molecule has 0 bridgehead atoms. The van der Waals surface area contributed by atoms with Gasteiger partial charge >= 0.3 is 11.8 Å². The van der Waals surface area contributed by atoms with Crippen molar-refractivity contribution >= 4 is 29.0 Å². The standard InChI is InChI=1S/C15H13N3O5S/c19-10(12-2-1-11(23-12)9-4-6-24-8-9)7-16-14(20)15(21)17-13-3-5-22-18-13/h1-6,8,10,19H,7H2,(H,16,20)(H,17,18,21). The zero-order chi connectivity index (χ0) is 16.9. The number of anilines is 1. The zero-order valence-corrected chi connectivity index (χ0v) is 13.1. The summed E-state index contributed by atoms with van der Waals surface area (Å²) in [4.78, 5) is 23.3. The summed E-state index contributed by atoms with van der Waals surface area (Å²) in [6, 6.07) is 6.66. The Hall–Kier alpha value is -2.91. The molecule has 0 fully saturated rings. The molecule has 3 N–H and O–H groups in total. The smallest absolute Gasteiger partial charge is 0.314 e. The van der Waals surface area contributed by atoms with E-state index in [1.807, 2.05) is 16.8 Å². The van der Waals surface area contributed by atoms with Crippen molar-refractivity contribution in [2.24, 2.45) is 0 Å². The summed E-state index contributed by atoms with van der Waals surface area (Å²) in [5, 5.41) is 21.9. The molecule has 0 aliphatic rings. The van der Waals surface area contributed by atoms with Gasteiger partial charge in [-0.25, -0.2) is 0 Å². The molecule has 24 heavy (non-hydrogen) atoms. The normalized spacial score (nSPS) is 11.9. The maximum Gasteiger partial charge on any atom is 0.314 e. The maximum atomic E-state index is 11.7. The molecule has 2 amide bonds. The number of nitrogens with zero attached hydrogens (tertiary/aromatic N) is 1. The van der Waals surface area contributed by atoms with E-state index in [4.69, 9.17) is 4.42 Å². The van der Waals surface area contributed by atoms with Gasteiger partial charge in [0.2, 0.25) is 0 Å². The van der Waals surface area contributed by atoms with Crippen molar-refractivity contribution in [2.45, 2.75) is 6.10 Å². The molecule has 0 saturated heterocycles. The molecule has 3 heterocycles. The number of carbonyl (C=O) groups excluding carboxylic acids is 2. The number of nitrogens with one attached hydrogen (secondary N) is 2. The van der Waals surface area contributed by atoms with Gasteiger partial charge in [0.15, 0.2) is 5.82 Å². The van der Waals surface area contributed by atoms with Crippen LogP contribution < -0.4 is 10.6 Å². The highest BCUT2D eigenvalue weighted by Gasteiger charge is 2.19. The molecule has 3 aromatic heterocycles. The SMILES string of the molecule is O=C(NCC(O)c1ccc(-c2ccsc2)o1)C(=O)Nc1ccon1. The number of aliphatic hydroxyl groups excluding tert-OH is 1. The Morgan fingerprint density at radius 1 is 1.25 bits per heavy atom. The highest BCUT2D eigenvalue weighted by molar-refractivity contribution is 7.08.